The van der Waals surface area contributed by atoms with Crippen molar-refractivity contribution in [1.29, 1.82) is 0 Å². The number of carbonyl (C=O) groups excluding carboxylic acids is 1. The van der Waals surface area contributed by atoms with E-state index in [0.717, 1.165) is 12.2 Å². The number of fused-ring (bicyclic) bond motifs is 1. The van der Waals surface area contributed by atoms with Crippen LogP contribution in [0.5, 0.6) is 0 Å². The van der Waals surface area contributed by atoms with Crippen LogP contribution >= 0.6 is 11.8 Å². The van der Waals surface area contributed by atoms with E-state index in [0.29, 0.717) is 6.54 Å². The molecule has 0 aliphatic rings. The lowest BCUT2D eigenvalue weighted by atomic mass is 10.1. The Morgan fingerprint density at radius 1 is 1.42 bits per heavy atom. The van der Waals surface area contributed by atoms with Crippen LogP contribution in [0.25, 0.3) is 10.9 Å². The number of carbonyl (C=O) groups is 1. The summed E-state index contributed by atoms with van der Waals surface area (Å²) in [5, 5.41) is 4.11. The van der Waals surface area contributed by atoms with E-state index in [-0.39, 0.29) is 5.91 Å². The summed E-state index contributed by atoms with van der Waals surface area (Å²) in [5.41, 5.74) is 2.43. The summed E-state index contributed by atoms with van der Waals surface area (Å²) in [6.45, 7) is 4.43. The molecule has 1 heterocycles. The minimum Gasteiger partial charge on any atom is -0.361 e. The van der Waals surface area contributed by atoms with Crippen molar-refractivity contribution < 1.29 is 4.79 Å². The maximum absolute atomic E-state index is 10.9. The highest BCUT2D eigenvalue weighted by Gasteiger charge is 2.05. The lowest BCUT2D eigenvalue weighted by molar-refractivity contribution is -0.118. The SMILES string of the molecule is CCCSc1ccc2[nH]cc(CCNC(C)=O)c2c1. The van der Waals surface area contributed by atoms with Crippen molar-refractivity contribution in [2.45, 2.75) is 31.6 Å². The van der Waals surface area contributed by atoms with Gasteiger partial charge in [-0.15, -0.1) is 11.8 Å². The quantitative estimate of drug-likeness (QED) is 0.795. The molecule has 4 heteroatoms. The molecule has 0 unspecified atom stereocenters. The highest BCUT2D eigenvalue weighted by atomic mass is 32.2. The van der Waals surface area contributed by atoms with Crippen LogP contribution in [0.2, 0.25) is 0 Å². The molecule has 102 valence electrons. The maximum atomic E-state index is 10.9. The van der Waals surface area contributed by atoms with Gasteiger partial charge in [-0.25, -0.2) is 0 Å². The molecule has 1 aromatic carbocycles. The fraction of sp³-hybridized carbons (Fsp3) is 0.400. The molecule has 19 heavy (non-hydrogen) atoms. The van der Waals surface area contributed by atoms with Gasteiger partial charge in [0, 0.05) is 35.5 Å². The van der Waals surface area contributed by atoms with E-state index in [1.807, 2.05) is 18.0 Å². The van der Waals surface area contributed by atoms with Crippen LogP contribution in [0, 0.1) is 0 Å². The van der Waals surface area contributed by atoms with Gasteiger partial charge in [-0.2, -0.15) is 0 Å². The molecular weight excluding hydrogens is 256 g/mol. The van der Waals surface area contributed by atoms with Crippen LogP contribution in [0.3, 0.4) is 0 Å². The summed E-state index contributed by atoms with van der Waals surface area (Å²) in [6.07, 6.45) is 4.09. The van der Waals surface area contributed by atoms with Gasteiger partial charge in [0.25, 0.3) is 0 Å². The Balaban J connectivity index is 2.12. The van der Waals surface area contributed by atoms with Gasteiger partial charge in [0.2, 0.25) is 5.91 Å². The van der Waals surface area contributed by atoms with Gasteiger partial charge in [0.05, 0.1) is 0 Å². The number of aromatic amines is 1. The molecule has 1 aromatic heterocycles. The van der Waals surface area contributed by atoms with E-state index in [1.165, 1.54) is 27.8 Å². The van der Waals surface area contributed by atoms with Crippen LogP contribution in [0.15, 0.2) is 29.3 Å². The molecule has 0 fully saturated rings. The number of H-pyrrole nitrogens is 1. The minimum absolute atomic E-state index is 0.0269. The highest BCUT2D eigenvalue weighted by Crippen LogP contribution is 2.26. The summed E-state index contributed by atoms with van der Waals surface area (Å²) in [7, 11) is 0. The van der Waals surface area contributed by atoms with Crippen LogP contribution in [-0.4, -0.2) is 23.2 Å². The van der Waals surface area contributed by atoms with Crippen LogP contribution in [0.4, 0.5) is 0 Å². The van der Waals surface area contributed by atoms with Gasteiger partial charge in [0.1, 0.15) is 0 Å². The van der Waals surface area contributed by atoms with Crippen molar-refractivity contribution in [1.82, 2.24) is 10.3 Å². The van der Waals surface area contributed by atoms with E-state index < -0.39 is 0 Å². The predicted octanol–water partition coefficient (Wildman–Crippen LogP) is 3.35. The molecule has 2 N–H and O–H groups in total. The van der Waals surface area contributed by atoms with Gasteiger partial charge < -0.3 is 10.3 Å². The standard InChI is InChI=1S/C15H20N2OS/c1-3-8-19-13-4-5-15-14(9-13)12(10-17-15)6-7-16-11(2)18/h4-5,9-10,17H,3,6-8H2,1-2H3,(H,16,18). The largest absolute Gasteiger partial charge is 0.361 e. The second-order valence-corrected chi connectivity index (χ2v) is 5.77. The lowest BCUT2D eigenvalue weighted by Crippen LogP contribution is -2.22. The zero-order valence-corrected chi connectivity index (χ0v) is 12.3. The molecule has 3 nitrogen and oxygen atoms in total. The molecule has 0 spiro atoms. The van der Waals surface area contributed by atoms with E-state index in [9.17, 15) is 4.79 Å². The Bertz CT molecular complexity index is 562. The summed E-state index contributed by atoms with van der Waals surface area (Å²) in [6, 6.07) is 6.54. The molecule has 0 aliphatic heterocycles. The average molecular weight is 276 g/mol. The first kappa shape index (κ1) is 14.0. The van der Waals surface area contributed by atoms with Crippen molar-refractivity contribution in [3.05, 3.63) is 30.0 Å². The summed E-state index contributed by atoms with van der Waals surface area (Å²) < 4.78 is 0. The predicted molar refractivity (Wildman–Crippen MR) is 81.7 cm³/mol. The summed E-state index contributed by atoms with van der Waals surface area (Å²) in [5.74, 6) is 1.18. The van der Waals surface area contributed by atoms with Gasteiger partial charge in [-0.05, 0) is 42.4 Å². The second-order valence-electron chi connectivity index (χ2n) is 4.60. The fourth-order valence-corrected chi connectivity index (χ4v) is 2.85. The summed E-state index contributed by atoms with van der Waals surface area (Å²) >= 11 is 1.89. The molecule has 2 aromatic rings. The van der Waals surface area contributed by atoms with Gasteiger partial charge in [0.15, 0.2) is 0 Å². The van der Waals surface area contributed by atoms with Crippen LogP contribution in [-0.2, 0) is 11.2 Å². The zero-order chi connectivity index (χ0) is 13.7. The number of hydrogen-bond acceptors (Lipinski definition) is 2. The highest BCUT2D eigenvalue weighted by molar-refractivity contribution is 7.99. The van der Waals surface area contributed by atoms with E-state index in [4.69, 9.17) is 0 Å². The molecule has 0 aliphatic carbocycles. The molecule has 0 radical (unpaired) electrons. The monoisotopic (exact) mass is 276 g/mol. The first-order valence-corrected chi connectivity index (χ1v) is 7.66. The topological polar surface area (TPSA) is 44.9 Å². The lowest BCUT2D eigenvalue weighted by Gasteiger charge is -2.03. The van der Waals surface area contributed by atoms with Crippen molar-refractivity contribution in [2.24, 2.45) is 0 Å². The smallest absolute Gasteiger partial charge is 0.216 e. The fourth-order valence-electron chi connectivity index (χ4n) is 2.05. The number of amides is 1. The van der Waals surface area contributed by atoms with Gasteiger partial charge in [-0.1, -0.05) is 6.92 Å². The first-order valence-electron chi connectivity index (χ1n) is 6.68. The van der Waals surface area contributed by atoms with Gasteiger partial charge >= 0.3 is 0 Å². The van der Waals surface area contributed by atoms with Crippen molar-refractivity contribution in [3.8, 4) is 0 Å². The molecule has 2 rings (SSSR count). The third-order valence-electron chi connectivity index (χ3n) is 2.98. The Morgan fingerprint density at radius 3 is 3.00 bits per heavy atom. The Labute approximate surface area is 118 Å². The Morgan fingerprint density at radius 2 is 2.26 bits per heavy atom. The molecule has 0 bridgehead atoms. The van der Waals surface area contributed by atoms with E-state index in [2.05, 4.69) is 35.4 Å². The van der Waals surface area contributed by atoms with Crippen molar-refractivity contribution in [2.75, 3.05) is 12.3 Å². The number of hydrogen-bond donors (Lipinski definition) is 2. The van der Waals surface area contributed by atoms with Crippen LogP contribution < -0.4 is 5.32 Å². The normalized spacial score (nSPS) is 10.8. The van der Waals surface area contributed by atoms with Crippen molar-refractivity contribution in [3.63, 3.8) is 0 Å². The average Bonchev–Trinajstić information content (AvgIpc) is 2.79. The van der Waals surface area contributed by atoms with Gasteiger partial charge in [-0.3, -0.25) is 4.79 Å². The molecular formula is C15H20N2OS. The first-order chi connectivity index (χ1) is 9.20. The number of thioether (sulfide) groups is 1. The maximum Gasteiger partial charge on any atom is 0.216 e. The van der Waals surface area contributed by atoms with E-state index in [1.54, 1.807) is 6.92 Å². The zero-order valence-electron chi connectivity index (χ0n) is 11.5. The third-order valence-corrected chi connectivity index (χ3v) is 4.18. The molecule has 0 atom stereocenters. The number of benzene rings is 1. The van der Waals surface area contributed by atoms with Crippen molar-refractivity contribution >= 4 is 28.6 Å². The molecule has 0 saturated carbocycles. The number of nitrogens with one attached hydrogen (secondary N) is 2. The number of aromatic nitrogens is 1. The Kier molecular flexibility index (Phi) is 4.91. The van der Waals surface area contributed by atoms with Crippen LogP contribution in [0.1, 0.15) is 25.8 Å². The number of rotatable bonds is 6. The van der Waals surface area contributed by atoms with E-state index >= 15 is 0 Å². The molecule has 1 amide bonds. The Hall–Kier alpha value is -1.42. The molecule has 0 saturated heterocycles. The second kappa shape index (κ2) is 6.66. The minimum atomic E-state index is 0.0269. The third kappa shape index (κ3) is 3.77. The summed E-state index contributed by atoms with van der Waals surface area (Å²) in [4.78, 5) is 15.5.